The van der Waals surface area contributed by atoms with Gasteiger partial charge in [0.1, 0.15) is 0 Å². The number of amides is 1. The summed E-state index contributed by atoms with van der Waals surface area (Å²) in [5, 5.41) is 5.69. The molecule has 0 N–H and O–H groups in total. The fourth-order valence-electron chi connectivity index (χ4n) is 1.94. The van der Waals surface area contributed by atoms with Gasteiger partial charge in [0.25, 0.3) is 0 Å². The number of nitrogens with zero attached hydrogens (tertiary/aromatic N) is 3. The van der Waals surface area contributed by atoms with Crippen LogP contribution in [-0.4, -0.2) is 40.7 Å². The third-order valence-electron chi connectivity index (χ3n) is 2.87. The zero-order chi connectivity index (χ0) is 14.4. The van der Waals surface area contributed by atoms with Crippen LogP contribution in [0.2, 0.25) is 0 Å². The molecule has 1 aliphatic rings. The van der Waals surface area contributed by atoms with E-state index in [2.05, 4.69) is 10.1 Å². The summed E-state index contributed by atoms with van der Waals surface area (Å²) in [6.45, 7) is 2.65. The van der Waals surface area contributed by atoms with Crippen LogP contribution in [0.25, 0.3) is 0 Å². The standard InChI is InChI=1S/C14H17N3O3/c1-2-20-14(19)10-12(11-6-3-4-8-15-11)16-17-9-5-7-13(17)18/h3-4,6,8H,2,5,7,9-10H2,1H3/b16-12+. The van der Waals surface area contributed by atoms with Crippen molar-refractivity contribution in [2.75, 3.05) is 13.2 Å². The number of pyridine rings is 1. The average molecular weight is 275 g/mol. The number of hydrogen-bond acceptors (Lipinski definition) is 5. The van der Waals surface area contributed by atoms with Crippen molar-refractivity contribution in [1.82, 2.24) is 9.99 Å². The van der Waals surface area contributed by atoms with Crippen LogP contribution in [0.1, 0.15) is 31.9 Å². The molecule has 0 aliphatic carbocycles. The lowest BCUT2D eigenvalue weighted by atomic mass is 10.2. The molecule has 1 amide bonds. The Bertz CT molecular complexity index is 514. The summed E-state index contributed by atoms with van der Waals surface area (Å²) in [4.78, 5) is 27.5. The first-order chi connectivity index (χ1) is 9.70. The van der Waals surface area contributed by atoms with Gasteiger partial charge in [-0.2, -0.15) is 5.10 Å². The van der Waals surface area contributed by atoms with Gasteiger partial charge in [0.2, 0.25) is 5.91 Å². The van der Waals surface area contributed by atoms with Gasteiger partial charge in [0.05, 0.1) is 24.4 Å². The second-order valence-corrected chi connectivity index (χ2v) is 4.36. The highest BCUT2D eigenvalue weighted by molar-refractivity contribution is 6.08. The van der Waals surface area contributed by atoms with Crippen molar-refractivity contribution >= 4 is 17.6 Å². The van der Waals surface area contributed by atoms with Gasteiger partial charge >= 0.3 is 5.97 Å². The zero-order valence-corrected chi connectivity index (χ0v) is 11.4. The summed E-state index contributed by atoms with van der Waals surface area (Å²) in [7, 11) is 0. The highest BCUT2D eigenvalue weighted by atomic mass is 16.5. The van der Waals surface area contributed by atoms with Gasteiger partial charge in [-0.1, -0.05) is 6.07 Å². The molecule has 2 heterocycles. The Morgan fingerprint density at radius 2 is 2.35 bits per heavy atom. The molecule has 1 aromatic heterocycles. The lowest BCUT2D eigenvalue weighted by Crippen LogP contribution is -2.23. The zero-order valence-electron chi connectivity index (χ0n) is 11.4. The van der Waals surface area contributed by atoms with Gasteiger partial charge in [-0.05, 0) is 25.5 Å². The molecule has 0 saturated carbocycles. The molecule has 1 aliphatic heterocycles. The SMILES string of the molecule is CCOC(=O)C/C(=N\N1CCCC1=O)c1ccccn1. The number of carbonyl (C=O) groups is 2. The van der Waals surface area contributed by atoms with E-state index in [-0.39, 0.29) is 18.3 Å². The van der Waals surface area contributed by atoms with E-state index in [1.54, 1.807) is 25.3 Å². The molecule has 0 bridgehead atoms. The van der Waals surface area contributed by atoms with Crippen molar-refractivity contribution in [2.45, 2.75) is 26.2 Å². The van der Waals surface area contributed by atoms with Gasteiger partial charge in [0, 0.05) is 19.2 Å². The third-order valence-corrected chi connectivity index (χ3v) is 2.87. The van der Waals surface area contributed by atoms with Crippen LogP contribution in [0.15, 0.2) is 29.5 Å². The summed E-state index contributed by atoms with van der Waals surface area (Å²) < 4.78 is 4.93. The minimum Gasteiger partial charge on any atom is -0.466 e. The number of ether oxygens (including phenoxy) is 1. The van der Waals surface area contributed by atoms with E-state index >= 15 is 0 Å². The first kappa shape index (κ1) is 14.2. The van der Waals surface area contributed by atoms with E-state index in [1.165, 1.54) is 5.01 Å². The normalized spacial score (nSPS) is 15.6. The molecule has 1 fully saturated rings. The number of esters is 1. The molecule has 1 aromatic rings. The van der Waals surface area contributed by atoms with E-state index in [4.69, 9.17) is 4.74 Å². The van der Waals surface area contributed by atoms with Crippen LogP contribution in [0.4, 0.5) is 0 Å². The molecule has 0 aromatic carbocycles. The largest absolute Gasteiger partial charge is 0.466 e. The Hall–Kier alpha value is -2.24. The lowest BCUT2D eigenvalue weighted by molar-refractivity contribution is -0.141. The van der Waals surface area contributed by atoms with Crippen LogP contribution in [-0.2, 0) is 14.3 Å². The second-order valence-electron chi connectivity index (χ2n) is 4.36. The summed E-state index contributed by atoms with van der Waals surface area (Å²) in [6, 6.07) is 5.36. The van der Waals surface area contributed by atoms with Gasteiger partial charge in [-0.25, -0.2) is 5.01 Å². The monoisotopic (exact) mass is 275 g/mol. The van der Waals surface area contributed by atoms with Crippen LogP contribution < -0.4 is 0 Å². The van der Waals surface area contributed by atoms with Gasteiger partial charge < -0.3 is 4.74 Å². The van der Waals surface area contributed by atoms with Crippen molar-refractivity contribution in [3.8, 4) is 0 Å². The van der Waals surface area contributed by atoms with E-state index in [1.807, 2.05) is 6.07 Å². The van der Waals surface area contributed by atoms with Crippen LogP contribution in [0.5, 0.6) is 0 Å². The number of rotatable bonds is 5. The number of hydrazone groups is 1. The topological polar surface area (TPSA) is 71.9 Å². The van der Waals surface area contributed by atoms with E-state index < -0.39 is 0 Å². The fourth-order valence-corrected chi connectivity index (χ4v) is 1.94. The molecule has 1 saturated heterocycles. The summed E-state index contributed by atoms with van der Waals surface area (Å²) in [5.74, 6) is -0.397. The molecule has 6 heteroatoms. The molecule has 20 heavy (non-hydrogen) atoms. The maximum Gasteiger partial charge on any atom is 0.312 e. The van der Waals surface area contributed by atoms with E-state index in [9.17, 15) is 9.59 Å². The average Bonchev–Trinajstić information content (AvgIpc) is 2.85. The smallest absolute Gasteiger partial charge is 0.312 e. The summed E-state index contributed by atoms with van der Waals surface area (Å²) >= 11 is 0. The van der Waals surface area contributed by atoms with Crippen LogP contribution in [0.3, 0.4) is 0 Å². The fraction of sp³-hybridized carbons (Fsp3) is 0.429. The Morgan fingerprint density at radius 1 is 1.50 bits per heavy atom. The minimum atomic E-state index is -0.372. The molecular formula is C14H17N3O3. The number of carbonyl (C=O) groups excluding carboxylic acids is 2. The Morgan fingerprint density at radius 3 is 2.95 bits per heavy atom. The van der Waals surface area contributed by atoms with E-state index in [0.29, 0.717) is 31.0 Å². The van der Waals surface area contributed by atoms with Gasteiger partial charge in [0.15, 0.2) is 0 Å². The maximum atomic E-state index is 11.6. The Balaban J connectivity index is 2.22. The van der Waals surface area contributed by atoms with Crippen molar-refractivity contribution in [2.24, 2.45) is 5.10 Å². The van der Waals surface area contributed by atoms with Gasteiger partial charge in [-0.3, -0.25) is 14.6 Å². The minimum absolute atomic E-state index is 0.00856. The molecule has 106 valence electrons. The molecule has 0 atom stereocenters. The first-order valence-electron chi connectivity index (χ1n) is 6.65. The number of hydrogen-bond donors (Lipinski definition) is 0. The first-order valence-corrected chi connectivity index (χ1v) is 6.65. The third kappa shape index (κ3) is 3.63. The van der Waals surface area contributed by atoms with Gasteiger partial charge in [-0.15, -0.1) is 0 Å². The summed E-state index contributed by atoms with van der Waals surface area (Å²) in [6.07, 6.45) is 2.92. The highest BCUT2D eigenvalue weighted by Gasteiger charge is 2.22. The van der Waals surface area contributed by atoms with E-state index in [0.717, 1.165) is 6.42 Å². The Labute approximate surface area is 117 Å². The van der Waals surface area contributed by atoms with Crippen molar-refractivity contribution in [3.63, 3.8) is 0 Å². The quantitative estimate of drug-likeness (QED) is 0.601. The molecule has 0 radical (unpaired) electrons. The molecule has 2 rings (SSSR count). The Kier molecular flexibility index (Phi) is 4.81. The van der Waals surface area contributed by atoms with Crippen molar-refractivity contribution < 1.29 is 14.3 Å². The lowest BCUT2D eigenvalue weighted by Gasteiger charge is -2.12. The molecule has 0 unspecified atom stereocenters. The highest BCUT2D eigenvalue weighted by Crippen LogP contribution is 2.12. The summed E-state index contributed by atoms with van der Waals surface area (Å²) in [5.41, 5.74) is 1.04. The maximum absolute atomic E-state index is 11.6. The predicted octanol–water partition coefficient (Wildman–Crippen LogP) is 1.36. The molecule has 0 spiro atoms. The van der Waals surface area contributed by atoms with Crippen molar-refractivity contribution in [1.29, 1.82) is 0 Å². The predicted molar refractivity (Wildman–Crippen MR) is 73.0 cm³/mol. The van der Waals surface area contributed by atoms with Crippen LogP contribution >= 0.6 is 0 Å². The van der Waals surface area contributed by atoms with Crippen molar-refractivity contribution in [3.05, 3.63) is 30.1 Å². The number of aromatic nitrogens is 1. The molecule has 6 nitrogen and oxygen atoms in total. The second kappa shape index (κ2) is 6.79. The van der Waals surface area contributed by atoms with Crippen LogP contribution in [0, 0.1) is 0 Å². The molecular weight excluding hydrogens is 258 g/mol.